The van der Waals surface area contributed by atoms with Gasteiger partial charge in [-0.3, -0.25) is 4.79 Å². The largest absolute Gasteiger partial charge is 0.394 e. The van der Waals surface area contributed by atoms with E-state index in [-0.39, 0.29) is 29.7 Å². The number of carbonyl (C=O) groups excluding carboxylic acids is 1. The van der Waals surface area contributed by atoms with E-state index in [1.807, 2.05) is 18.2 Å². The molecule has 0 saturated heterocycles. The summed E-state index contributed by atoms with van der Waals surface area (Å²) >= 11 is 0. The third-order valence-electron chi connectivity index (χ3n) is 7.88. The van der Waals surface area contributed by atoms with E-state index >= 15 is 0 Å². The molecule has 0 bridgehead atoms. The lowest BCUT2D eigenvalue weighted by Gasteiger charge is -2.17. The number of allylic oxidation sites excluding steroid dienone is 2. The molecule has 2 heterocycles. The van der Waals surface area contributed by atoms with Crippen LogP contribution in [0.5, 0.6) is 0 Å². The van der Waals surface area contributed by atoms with E-state index in [1.165, 1.54) is 11.6 Å². The molecule has 1 saturated carbocycles. The highest BCUT2D eigenvalue weighted by Crippen LogP contribution is 2.54. The molecule has 6 heteroatoms. The monoisotopic (exact) mass is 496 g/mol. The molecule has 6 rings (SSSR count). The number of nitrogens with zero attached hydrogens (tertiary/aromatic N) is 2. The Morgan fingerprint density at radius 2 is 1.92 bits per heavy atom. The molecule has 0 radical (unpaired) electrons. The molecule has 5 nitrogen and oxygen atoms in total. The van der Waals surface area contributed by atoms with Gasteiger partial charge in [0.1, 0.15) is 5.82 Å². The molecule has 0 amide bonds. The van der Waals surface area contributed by atoms with Gasteiger partial charge < -0.3 is 9.84 Å². The Kier molecular flexibility index (Phi) is 6.31. The van der Waals surface area contributed by atoms with Crippen LogP contribution in [-0.2, 0) is 16.6 Å². The highest BCUT2D eigenvalue weighted by Gasteiger charge is 2.45. The van der Waals surface area contributed by atoms with Crippen LogP contribution in [0.1, 0.15) is 59.4 Å². The molecular formula is C31H29FN2O3. The van der Waals surface area contributed by atoms with Crippen LogP contribution in [0.3, 0.4) is 0 Å². The van der Waals surface area contributed by atoms with Gasteiger partial charge in [-0.2, -0.15) is 0 Å². The van der Waals surface area contributed by atoms with E-state index < -0.39 is 0 Å². The van der Waals surface area contributed by atoms with Crippen molar-refractivity contribution in [2.45, 2.75) is 50.0 Å². The van der Waals surface area contributed by atoms with Crippen molar-refractivity contribution in [1.82, 2.24) is 9.97 Å². The number of fused-ring (bicyclic) bond motifs is 2. The standard InChI is InChI=1S/C31H29FN2O3/c32-28-4-2-1-3-26(28)24-17-33-30(34-18-24)22-9-11-31(12-13-31)27-8-6-21(15-23(27)16-22)29(36)20-5-7-25(19-35)37-14-10-20/h1-6,8-9,15,17-18,25,35H,7,10-14,16,19H2/t25-/m1/s1. The van der Waals surface area contributed by atoms with Gasteiger partial charge in [0.15, 0.2) is 11.6 Å². The molecule has 1 aliphatic heterocycles. The number of halogens is 1. The first-order valence-corrected chi connectivity index (χ1v) is 12.9. The minimum Gasteiger partial charge on any atom is -0.394 e. The number of rotatable bonds is 5. The summed E-state index contributed by atoms with van der Waals surface area (Å²) in [5.74, 6) is 0.366. The summed E-state index contributed by atoms with van der Waals surface area (Å²) in [5.41, 5.74) is 6.18. The molecule has 2 aliphatic carbocycles. The molecule has 2 aromatic carbocycles. The summed E-state index contributed by atoms with van der Waals surface area (Å²) in [6, 6.07) is 12.8. The van der Waals surface area contributed by atoms with Crippen LogP contribution in [0.2, 0.25) is 0 Å². The molecule has 1 aromatic heterocycles. The van der Waals surface area contributed by atoms with E-state index in [9.17, 15) is 14.3 Å². The van der Waals surface area contributed by atoms with Crippen LogP contribution < -0.4 is 0 Å². The predicted molar refractivity (Wildman–Crippen MR) is 140 cm³/mol. The topological polar surface area (TPSA) is 72.3 Å². The Balaban J connectivity index is 1.29. The third kappa shape index (κ3) is 4.67. The lowest BCUT2D eigenvalue weighted by Crippen LogP contribution is -2.15. The number of aliphatic hydroxyl groups is 1. The van der Waals surface area contributed by atoms with Gasteiger partial charge in [-0.15, -0.1) is 0 Å². The van der Waals surface area contributed by atoms with Gasteiger partial charge in [0.05, 0.1) is 19.3 Å². The highest BCUT2D eigenvalue weighted by molar-refractivity contribution is 6.09. The second kappa shape index (κ2) is 9.77. The molecule has 37 heavy (non-hydrogen) atoms. The summed E-state index contributed by atoms with van der Waals surface area (Å²) in [6.45, 7) is 0.390. The highest BCUT2D eigenvalue weighted by atomic mass is 19.1. The van der Waals surface area contributed by atoms with Crippen LogP contribution in [0.4, 0.5) is 4.39 Å². The number of aromatic nitrogens is 2. The van der Waals surface area contributed by atoms with Crippen LogP contribution in [0.25, 0.3) is 16.7 Å². The lowest BCUT2D eigenvalue weighted by molar-refractivity contribution is 0.0203. The molecule has 1 N–H and O–H groups in total. The van der Waals surface area contributed by atoms with Gasteiger partial charge >= 0.3 is 0 Å². The summed E-state index contributed by atoms with van der Waals surface area (Å²) < 4.78 is 19.8. The molecule has 1 atom stereocenters. The zero-order valence-corrected chi connectivity index (χ0v) is 20.6. The Hall–Kier alpha value is -3.48. The van der Waals surface area contributed by atoms with Gasteiger partial charge in [0, 0.05) is 35.5 Å². The molecule has 0 unspecified atom stereocenters. The summed E-state index contributed by atoms with van der Waals surface area (Å²) in [5, 5.41) is 9.40. The van der Waals surface area contributed by atoms with E-state index in [0.29, 0.717) is 48.4 Å². The van der Waals surface area contributed by atoms with Crippen molar-refractivity contribution in [2.75, 3.05) is 13.2 Å². The fraction of sp³-hybridized carbons (Fsp3) is 0.323. The maximum atomic E-state index is 14.2. The smallest absolute Gasteiger partial charge is 0.188 e. The number of hydrogen-bond acceptors (Lipinski definition) is 5. The summed E-state index contributed by atoms with van der Waals surface area (Å²) in [7, 11) is 0. The Morgan fingerprint density at radius 1 is 1.11 bits per heavy atom. The molecule has 3 aliphatic rings. The maximum absolute atomic E-state index is 14.2. The van der Waals surface area contributed by atoms with E-state index in [1.54, 1.807) is 30.6 Å². The van der Waals surface area contributed by atoms with Crippen molar-refractivity contribution in [1.29, 1.82) is 0 Å². The molecule has 188 valence electrons. The van der Waals surface area contributed by atoms with Gasteiger partial charge in [-0.05, 0) is 71.9 Å². The zero-order chi connectivity index (χ0) is 25.4. The van der Waals surface area contributed by atoms with Crippen LogP contribution in [0, 0.1) is 5.82 Å². The number of ether oxygens (including phenoxy) is 1. The van der Waals surface area contributed by atoms with Crippen LogP contribution in [0.15, 0.2) is 72.6 Å². The first kappa shape index (κ1) is 23.9. The average molecular weight is 497 g/mol. The Morgan fingerprint density at radius 3 is 2.68 bits per heavy atom. The first-order valence-electron chi connectivity index (χ1n) is 12.9. The van der Waals surface area contributed by atoms with Gasteiger partial charge in [0.25, 0.3) is 0 Å². The van der Waals surface area contributed by atoms with Gasteiger partial charge in [-0.25, -0.2) is 14.4 Å². The normalized spacial score (nSPS) is 20.3. The fourth-order valence-corrected chi connectivity index (χ4v) is 5.53. The van der Waals surface area contributed by atoms with Gasteiger partial charge in [0.2, 0.25) is 0 Å². The maximum Gasteiger partial charge on any atom is 0.188 e. The number of ketones is 1. The number of carbonyl (C=O) groups is 1. The fourth-order valence-electron chi connectivity index (χ4n) is 5.53. The quantitative estimate of drug-likeness (QED) is 0.464. The van der Waals surface area contributed by atoms with Crippen molar-refractivity contribution in [3.63, 3.8) is 0 Å². The number of hydrogen-bond donors (Lipinski definition) is 1. The Bertz CT molecular complexity index is 1410. The summed E-state index contributed by atoms with van der Waals surface area (Å²) in [6.07, 6.45) is 12.2. The SMILES string of the molecule is O=C(C1=CC[C@H](CO)OCC1)c1ccc2c(c1)CC(c1ncc(-c3ccccc3F)cn1)=CCC21CC1. The number of aliphatic hydroxyl groups excluding tert-OH is 1. The molecule has 1 spiro atoms. The zero-order valence-electron chi connectivity index (χ0n) is 20.6. The van der Waals surface area contributed by atoms with Crippen LogP contribution >= 0.6 is 0 Å². The molecule has 1 fully saturated rings. The molecular weight excluding hydrogens is 467 g/mol. The number of benzene rings is 2. The first-order chi connectivity index (χ1) is 18.1. The minimum absolute atomic E-state index is 0.0232. The third-order valence-corrected chi connectivity index (χ3v) is 7.88. The van der Waals surface area contributed by atoms with Crippen molar-refractivity contribution in [3.8, 4) is 11.1 Å². The van der Waals surface area contributed by atoms with E-state index in [2.05, 4.69) is 22.1 Å². The average Bonchev–Trinajstić information content (AvgIpc) is 3.76. The molecule has 3 aromatic rings. The van der Waals surface area contributed by atoms with Crippen LogP contribution in [-0.4, -0.2) is 40.2 Å². The van der Waals surface area contributed by atoms with E-state index in [4.69, 9.17) is 4.74 Å². The number of Topliss-reactive ketones (excluding diaryl/α,β-unsaturated/α-hetero) is 1. The van der Waals surface area contributed by atoms with Crippen molar-refractivity contribution < 1.29 is 19.0 Å². The van der Waals surface area contributed by atoms with Gasteiger partial charge in [-0.1, -0.05) is 42.5 Å². The predicted octanol–water partition coefficient (Wildman–Crippen LogP) is 5.62. The van der Waals surface area contributed by atoms with E-state index in [0.717, 1.165) is 36.0 Å². The second-order valence-electron chi connectivity index (χ2n) is 10.3. The second-order valence-corrected chi connectivity index (χ2v) is 10.3. The lowest BCUT2D eigenvalue weighted by atomic mass is 9.87. The van der Waals surface area contributed by atoms with Crippen molar-refractivity contribution in [3.05, 3.63) is 101 Å². The minimum atomic E-state index is -0.295. The van der Waals surface area contributed by atoms with Crippen molar-refractivity contribution in [2.24, 2.45) is 0 Å². The Labute approximate surface area is 215 Å². The summed E-state index contributed by atoms with van der Waals surface area (Å²) in [4.78, 5) is 22.6. The van der Waals surface area contributed by atoms with Crippen molar-refractivity contribution >= 4 is 11.4 Å².